The Morgan fingerprint density at radius 3 is 2.55 bits per heavy atom. The summed E-state index contributed by atoms with van der Waals surface area (Å²) >= 11 is 12.4. The van der Waals surface area contributed by atoms with Gasteiger partial charge in [-0.2, -0.15) is 5.10 Å². The Labute approximate surface area is 186 Å². The summed E-state index contributed by atoms with van der Waals surface area (Å²) in [6.07, 6.45) is 3.11. The van der Waals surface area contributed by atoms with Crippen LogP contribution < -0.4 is 11.1 Å². The second kappa shape index (κ2) is 8.92. The molecule has 0 saturated carbocycles. The number of benzene rings is 1. The first-order chi connectivity index (χ1) is 14.9. The first-order valence-electron chi connectivity index (χ1n) is 9.29. The molecule has 1 aromatic carbocycles. The Morgan fingerprint density at radius 2 is 1.87 bits per heavy atom. The third-order valence-corrected chi connectivity index (χ3v) is 5.15. The molecule has 0 bridgehead atoms. The lowest BCUT2D eigenvalue weighted by Crippen LogP contribution is -2.42. The van der Waals surface area contributed by atoms with Crippen LogP contribution >= 0.6 is 23.2 Å². The predicted octanol–water partition coefficient (Wildman–Crippen LogP) is 1.47. The third kappa shape index (κ3) is 4.63. The number of aromatic nitrogens is 5. The SMILES string of the molecule is NC(=O)c1nn(-c2c(Cl)cccc2Cl)nc1Nc1cnn(CC(=O)N2CCOCC2)c1. The molecule has 3 N–H and O–H groups in total. The van der Waals surface area contributed by atoms with Crippen LogP contribution in [-0.2, 0) is 16.1 Å². The van der Waals surface area contributed by atoms with E-state index >= 15 is 0 Å². The van der Waals surface area contributed by atoms with Crippen LogP contribution in [0.2, 0.25) is 10.0 Å². The van der Waals surface area contributed by atoms with Gasteiger partial charge in [0, 0.05) is 19.3 Å². The van der Waals surface area contributed by atoms with Gasteiger partial charge in [-0.05, 0) is 12.1 Å². The van der Waals surface area contributed by atoms with Gasteiger partial charge >= 0.3 is 0 Å². The third-order valence-electron chi connectivity index (χ3n) is 4.54. The molecular formula is C18H18Cl2N8O3. The molecule has 3 aromatic rings. The van der Waals surface area contributed by atoms with Crippen LogP contribution in [0.15, 0.2) is 30.6 Å². The van der Waals surface area contributed by atoms with Crippen LogP contribution in [0.5, 0.6) is 0 Å². The van der Waals surface area contributed by atoms with Crippen molar-refractivity contribution in [3.8, 4) is 5.69 Å². The zero-order valence-electron chi connectivity index (χ0n) is 16.2. The van der Waals surface area contributed by atoms with E-state index in [1.165, 1.54) is 10.9 Å². The fourth-order valence-corrected chi connectivity index (χ4v) is 3.59. The summed E-state index contributed by atoms with van der Waals surface area (Å²) in [7, 11) is 0. The average molecular weight is 465 g/mol. The van der Waals surface area contributed by atoms with E-state index in [2.05, 4.69) is 20.6 Å². The van der Waals surface area contributed by atoms with E-state index in [-0.39, 0.29) is 24.0 Å². The quantitative estimate of drug-likeness (QED) is 0.563. The van der Waals surface area contributed by atoms with E-state index in [0.717, 1.165) is 4.80 Å². The average Bonchev–Trinajstić information content (AvgIpc) is 3.36. The molecular weight excluding hydrogens is 447 g/mol. The van der Waals surface area contributed by atoms with Gasteiger partial charge < -0.3 is 20.7 Å². The molecule has 4 rings (SSSR count). The second-order valence-corrected chi connectivity index (χ2v) is 7.48. The minimum absolute atomic E-state index is 0.0601. The van der Waals surface area contributed by atoms with Crippen molar-refractivity contribution in [2.45, 2.75) is 6.54 Å². The van der Waals surface area contributed by atoms with Crippen molar-refractivity contribution in [1.29, 1.82) is 0 Å². The number of rotatable bonds is 6. The number of morpholine rings is 1. The van der Waals surface area contributed by atoms with E-state index in [9.17, 15) is 9.59 Å². The number of carbonyl (C=O) groups is 2. The van der Waals surface area contributed by atoms with Crippen molar-refractivity contribution in [3.63, 3.8) is 0 Å². The number of primary amides is 1. The summed E-state index contributed by atoms with van der Waals surface area (Å²) in [4.78, 5) is 27.1. The number of carbonyl (C=O) groups excluding carboxylic acids is 2. The summed E-state index contributed by atoms with van der Waals surface area (Å²) in [5.74, 6) is -0.746. The van der Waals surface area contributed by atoms with Crippen LogP contribution in [0.3, 0.4) is 0 Å². The highest BCUT2D eigenvalue weighted by Gasteiger charge is 2.21. The van der Waals surface area contributed by atoms with E-state index in [0.29, 0.717) is 47.7 Å². The number of nitrogens with zero attached hydrogens (tertiary/aromatic N) is 6. The topological polar surface area (TPSA) is 133 Å². The minimum atomic E-state index is -0.785. The predicted molar refractivity (Wildman–Crippen MR) is 113 cm³/mol. The van der Waals surface area contributed by atoms with E-state index in [1.807, 2.05) is 0 Å². The molecule has 13 heteroatoms. The van der Waals surface area contributed by atoms with Gasteiger partial charge in [0.25, 0.3) is 5.91 Å². The molecule has 3 heterocycles. The fraction of sp³-hybridized carbons (Fsp3) is 0.278. The maximum atomic E-state index is 12.4. The molecule has 2 aromatic heterocycles. The Bertz CT molecular complexity index is 1100. The number of amides is 2. The van der Waals surface area contributed by atoms with Crippen LogP contribution in [0.4, 0.5) is 11.5 Å². The highest BCUT2D eigenvalue weighted by Crippen LogP contribution is 2.28. The Kier molecular flexibility index (Phi) is 6.07. The van der Waals surface area contributed by atoms with Crippen LogP contribution in [0, 0.1) is 0 Å². The number of ether oxygens (including phenoxy) is 1. The van der Waals surface area contributed by atoms with Crippen LogP contribution in [-0.4, -0.2) is 67.8 Å². The molecule has 0 aliphatic carbocycles. The largest absolute Gasteiger partial charge is 0.378 e. The van der Waals surface area contributed by atoms with Crippen molar-refractivity contribution >= 4 is 46.5 Å². The first kappa shape index (κ1) is 21.1. The fourth-order valence-electron chi connectivity index (χ4n) is 3.04. The van der Waals surface area contributed by atoms with Gasteiger partial charge in [-0.25, -0.2) is 0 Å². The highest BCUT2D eigenvalue weighted by molar-refractivity contribution is 6.37. The number of hydrogen-bond donors (Lipinski definition) is 2. The summed E-state index contributed by atoms with van der Waals surface area (Å²) in [6.45, 7) is 2.24. The summed E-state index contributed by atoms with van der Waals surface area (Å²) in [5, 5.41) is 16.1. The summed E-state index contributed by atoms with van der Waals surface area (Å²) in [5.41, 5.74) is 6.15. The van der Waals surface area contributed by atoms with Gasteiger partial charge in [0.1, 0.15) is 12.2 Å². The van der Waals surface area contributed by atoms with Crippen molar-refractivity contribution in [3.05, 3.63) is 46.3 Å². The molecule has 2 amide bonds. The van der Waals surface area contributed by atoms with Crippen LogP contribution in [0.1, 0.15) is 10.5 Å². The molecule has 0 unspecified atom stereocenters. The molecule has 1 aliphatic heterocycles. The Hall–Kier alpha value is -3.15. The number of anilines is 2. The Morgan fingerprint density at radius 1 is 1.16 bits per heavy atom. The van der Waals surface area contributed by atoms with E-state index < -0.39 is 5.91 Å². The summed E-state index contributed by atoms with van der Waals surface area (Å²) < 4.78 is 6.74. The second-order valence-electron chi connectivity index (χ2n) is 6.67. The normalized spacial score (nSPS) is 13.9. The highest BCUT2D eigenvalue weighted by atomic mass is 35.5. The van der Waals surface area contributed by atoms with Gasteiger partial charge in [0.05, 0.1) is 35.1 Å². The molecule has 1 aliphatic rings. The van der Waals surface area contributed by atoms with E-state index in [4.69, 9.17) is 33.7 Å². The molecule has 11 nitrogen and oxygen atoms in total. The lowest BCUT2D eigenvalue weighted by atomic mass is 10.3. The van der Waals surface area contributed by atoms with Crippen molar-refractivity contribution < 1.29 is 14.3 Å². The molecule has 1 saturated heterocycles. The summed E-state index contributed by atoms with van der Waals surface area (Å²) in [6, 6.07) is 4.93. The number of para-hydroxylation sites is 1. The zero-order valence-corrected chi connectivity index (χ0v) is 17.7. The number of nitrogens with one attached hydrogen (secondary N) is 1. The number of nitrogens with two attached hydrogens (primary N) is 1. The van der Waals surface area contributed by atoms with Crippen molar-refractivity contribution in [2.75, 3.05) is 31.6 Å². The number of halogens is 2. The van der Waals surface area contributed by atoms with Crippen LogP contribution in [0.25, 0.3) is 5.69 Å². The molecule has 1 fully saturated rings. The molecule has 0 atom stereocenters. The molecule has 0 radical (unpaired) electrons. The number of hydrogen-bond acceptors (Lipinski definition) is 7. The molecule has 31 heavy (non-hydrogen) atoms. The van der Waals surface area contributed by atoms with E-state index in [1.54, 1.807) is 29.3 Å². The standard InChI is InChI=1S/C18H18Cl2N8O3/c19-12-2-1-3-13(20)16(12)28-24-15(17(21)30)18(25-28)23-11-8-22-27(9-11)10-14(29)26-4-6-31-7-5-26/h1-3,8-9H,4-7,10H2,(H2,21,30)(H,23,25). The van der Waals surface area contributed by atoms with Gasteiger partial charge in [-0.3, -0.25) is 14.3 Å². The van der Waals surface area contributed by atoms with Gasteiger partial charge in [-0.1, -0.05) is 29.3 Å². The van der Waals surface area contributed by atoms with Gasteiger partial charge in [0.15, 0.2) is 11.5 Å². The maximum Gasteiger partial charge on any atom is 0.273 e. The molecule has 0 spiro atoms. The smallest absolute Gasteiger partial charge is 0.273 e. The van der Waals surface area contributed by atoms with Gasteiger partial charge in [-0.15, -0.1) is 15.0 Å². The van der Waals surface area contributed by atoms with Gasteiger partial charge in [0.2, 0.25) is 5.91 Å². The minimum Gasteiger partial charge on any atom is -0.378 e. The molecule has 162 valence electrons. The maximum absolute atomic E-state index is 12.4. The first-order valence-corrected chi connectivity index (χ1v) is 10.0. The Balaban J connectivity index is 1.54. The zero-order chi connectivity index (χ0) is 22.0. The monoisotopic (exact) mass is 464 g/mol. The van der Waals surface area contributed by atoms with Crippen molar-refractivity contribution in [1.82, 2.24) is 29.7 Å². The lowest BCUT2D eigenvalue weighted by molar-refractivity contribution is -0.136. The van der Waals surface area contributed by atoms with Crippen molar-refractivity contribution in [2.24, 2.45) is 5.73 Å². The lowest BCUT2D eigenvalue weighted by Gasteiger charge is -2.26.